The molecule has 1 aromatic carbocycles. The van der Waals surface area contributed by atoms with E-state index in [1.807, 2.05) is 20.8 Å². The molecule has 0 saturated carbocycles. The number of hydrogen-bond acceptors (Lipinski definition) is 2. The Morgan fingerprint density at radius 2 is 2.07 bits per heavy atom. The van der Waals surface area contributed by atoms with Gasteiger partial charge in [-0.05, 0) is 18.4 Å². The summed E-state index contributed by atoms with van der Waals surface area (Å²) in [5.74, 6) is 0.519. The van der Waals surface area contributed by atoms with Gasteiger partial charge >= 0.3 is 0 Å². The van der Waals surface area contributed by atoms with Gasteiger partial charge in [0.05, 0.1) is 0 Å². The number of phenols is 1. The molecular weight excluding hydrogens is 188 g/mol. The molecule has 0 bridgehead atoms. The van der Waals surface area contributed by atoms with Crippen LogP contribution < -0.4 is 0 Å². The highest BCUT2D eigenvalue weighted by Gasteiger charge is 2.16. The first-order valence-corrected chi connectivity index (χ1v) is 5.43. The number of benzene rings is 1. The van der Waals surface area contributed by atoms with Gasteiger partial charge in [0.15, 0.2) is 5.78 Å². The standard InChI is InChI=1S/C13H18O2/c1-4-6-11(14)10-7-5-8-12(15)13(10)9(2)3/h5,7-9,15H,4,6H2,1-3H3. The van der Waals surface area contributed by atoms with Crippen molar-refractivity contribution in [2.24, 2.45) is 0 Å². The Morgan fingerprint density at radius 3 is 2.60 bits per heavy atom. The van der Waals surface area contributed by atoms with Crippen molar-refractivity contribution in [1.82, 2.24) is 0 Å². The van der Waals surface area contributed by atoms with Crippen LogP contribution >= 0.6 is 0 Å². The summed E-state index contributed by atoms with van der Waals surface area (Å²) in [5.41, 5.74) is 1.45. The lowest BCUT2D eigenvalue weighted by Gasteiger charge is -2.13. The van der Waals surface area contributed by atoms with Crippen molar-refractivity contribution in [3.8, 4) is 5.75 Å². The second-order valence-electron chi connectivity index (χ2n) is 4.07. The van der Waals surface area contributed by atoms with E-state index in [1.54, 1.807) is 18.2 Å². The van der Waals surface area contributed by atoms with Crippen LogP contribution in [0.4, 0.5) is 0 Å². The summed E-state index contributed by atoms with van der Waals surface area (Å²) >= 11 is 0. The molecule has 1 rings (SSSR count). The number of carbonyl (C=O) groups excluding carboxylic acids is 1. The number of hydrogen-bond donors (Lipinski definition) is 1. The third kappa shape index (κ3) is 2.58. The highest BCUT2D eigenvalue weighted by Crippen LogP contribution is 2.29. The van der Waals surface area contributed by atoms with Crippen molar-refractivity contribution in [2.75, 3.05) is 0 Å². The van der Waals surface area contributed by atoms with Crippen molar-refractivity contribution in [1.29, 1.82) is 0 Å². The molecule has 0 heterocycles. The van der Waals surface area contributed by atoms with E-state index in [2.05, 4.69) is 0 Å². The molecule has 0 radical (unpaired) electrons. The van der Waals surface area contributed by atoms with Crippen LogP contribution in [-0.4, -0.2) is 10.9 Å². The van der Waals surface area contributed by atoms with Crippen molar-refractivity contribution < 1.29 is 9.90 Å². The lowest BCUT2D eigenvalue weighted by atomic mass is 9.92. The van der Waals surface area contributed by atoms with Crippen LogP contribution in [-0.2, 0) is 0 Å². The average molecular weight is 206 g/mol. The van der Waals surface area contributed by atoms with Crippen LogP contribution in [0.1, 0.15) is 55.5 Å². The third-order valence-corrected chi connectivity index (χ3v) is 2.44. The van der Waals surface area contributed by atoms with E-state index in [0.29, 0.717) is 12.0 Å². The van der Waals surface area contributed by atoms with Gasteiger partial charge in [0.1, 0.15) is 5.75 Å². The lowest BCUT2D eigenvalue weighted by Crippen LogP contribution is -2.04. The molecule has 82 valence electrons. The van der Waals surface area contributed by atoms with E-state index in [4.69, 9.17) is 0 Å². The molecule has 15 heavy (non-hydrogen) atoms. The Bertz CT molecular complexity index is 354. The van der Waals surface area contributed by atoms with Crippen LogP contribution in [0.5, 0.6) is 5.75 Å². The van der Waals surface area contributed by atoms with Gasteiger partial charge in [-0.25, -0.2) is 0 Å². The van der Waals surface area contributed by atoms with Crippen LogP contribution in [0.2, 0.25) is 0 Å². The zero-order valence-corrected chi connectivity index (χ0v) is 9.58. The summed E-state index contributed by atoms with van der Waals surface area (Å²) in [6.07, 6.45) is 1.38. The van der Waals surface area contributed by atoms with E-state index >= 15 is 0 Å². The second kappa shape index (κ2) is 4.96. The Hall–Kier alpha value is -1.31. The fourth-order valence-electron chi connectivity index (χ4n) is 1.76. The Kier molecular flexibility index (Phi) is 3.89. The van der Waals surface area contributed by atoms with Gasteiger partial charge in [0, 0.05) is 17.5 Å². The maximum Gasteiger partial charge on any atom is 0.163 e. The van der Waals surface area contributed by atoms with Gasteiger partial charge < -0.3 is 5.11 Å². The Morgan fingerprint density at radius 1 is 1.40 bits per heavy atom. The topological polar surface area (TPSA) is 37.3 Å². The molecule has 0 aliphatic carbocycles. The molecule has 0 atom stereocenters. The molecule has 0 aliphatic heterocycles. The SMILES string of the molecule is CCCC(=O)c1cccc(O)c1C(C)C. The van der Waals surface area contributed by atoms with E-state index in [-0.39, 0.29) is 17.5 Å². The second-order valence-corrected chi connectivity index (χ2v) is 4.07. The molecule has 0 spiro atoms. The first kappa shape index (κ1) is 11.8. The summed E-state index contributed by atoms with van der Waals surface area (Å²) in [6, 6.07) is 5.16. The van der Waals surface area contributed by atoms with Crippen molar-refractivity contribution >= 4 is 5.78 Å². The molecule has 0 saturated heterocycles. The number of phenolic OH excluding ortho intramolecular Hbond substituents is 1. The summed E-state index contributed by atoms with van der Waals surface area (Å²) in [7, 11) is 0. The molecule has 2 nitrogen and oxygen atoms in total. The molecule has 0 amide bonds. The summed E-state index contributed by atoms with van der Waals surface area (Å²) < 4.78 is 0. The molecule has 1 N–H and O–H groups in total. The number of rotatable bonds is 4. The monoisotopic (exact) mass is 206 g/mol. The predicted molar refractivity (Wildman–Crippen MR) is 61.4 cm³/mol. The number of ketones is 1. The van der Waals surface area contributed by atoms with Gasteiger partial charge in [-0.1, -0.05) is 32.9 Å². The summed E-state index contributed by atoms with van der Waals surface area (Å²) in [5, 5.41) is 9.73. The Balaban J connectivity index is 3.17. The lowest BCUT2D eigenvalue weighted by molar-refractivity contribution is 0.0980. The molecule has 1 aromatic rings. The van der Waals surface area contributed by atoms with Crippen LogP contribution in [0.15, 0.2) is 18.2 Å². The van der Waals surface area contributed by atoms with Gasteiger partial charge in [-0.2, -0.15) is 0 Å². The maximum atomic E-state index is 11.8. The number of Topliss-reactive ketones (excluding diaryl/α,β-unsaturated/α-hetero) is 1. The van der Waals surface area contributed by atoms with Crippen molar-refractivity contribution in [2.45, 2.75) is 39.5 Å². The molecule has 0 fully saturated rings. The van der Waals surface area contributed by atoms with Gasteiger partial charge in [-0.3, -0.25) is 4.79 Å². The summed E-state index contributed by atoms with van der Waals surface area (Å²) in [6.45, 7) is 5.95. The molecule has 2 heteroatoms. The van der Waals surface area contributed by atoms with Gasteiger partial charge in [-0.15, -0.1) is 0 Å². The fourth-order valence-corrected chi connectivity index (χ4v) is 1.76. The highest BCUT2D eigenvalue weighted by molar-refractivity contribution is 5.98. The largest absolute Gasteiger partial charge is 0.508 e. The van der Waals surface area contributed by atoms with Crippen LogP contribution in [0, 0.1) is 0 Å². The predicted octanol–water partition coefficient (Wildman–Crippen LogP) is 3.50. The fraction of sp³-hybridized carbons (Fsp3) is 0.462. The van der Waals surface area contributed by atoms with Crippen LogP contribution in [0.25, 0.3) is 0 Å². The highest BCUT2D eigenvalue weighted by atomic mass is 16.3. The van der Waals surface area contributed by atoms with Gasteiger partial charge in [0.25, 0.3) is 0 Å². The van der Waals surface area contributed by atoms with Crippen LogP contribution in [0.3, 0.4) is 0 Å². The smallest absolute Gasteiger partial charge is 0.163 e. The first-order valence-electron chi connectivity index (χ1n) is 5.43. The van der Waals surface area contributed by atoms with E-state index < -0.39 is 0 Å². The minimum atomic E-state index is 0.122. The quantitative estimate of drug-likeness (QED) is 0.765. The zero-order chi connectivity index (χ0) is 11.4. The first-order chi connectivity index (χ1) is 7.07. The normalized spacial score (nSPS) is 10.7. The van der Waals surface area contributed by atoms with E-state index in [1.165, 1.54) is 0 Å². The minimum Gasteiger partial charge on any atom is -0.508 e. The molecular formula is C13H18O2. The molecule has 0 aliphatic rings. The third-order valence-electron chi connectivity index (χ3n) is 2.44. The van der Waals surface area contributed by atoms with Crippen molar-refractivity contribution in [3.63, 3.8) is 0 Å². The minimum absolute atomic E-state index is 0.122. The zero-order valence-electron chi connectivity index (χ0n) is 9.58. The number of aromatic hydroxyl groups is 1. The molecule has 0 unspecified atom stereocenters. The number of carbonyl (C=O) groups is 1. The van der Waals surface area contributed by atoms with Gasteiger partial charge in [0.2, 0.25) is 0 Å². The van der Waals surface area contributed by atoms with E-state index in [9.17, 15) is 9.90 Å². The van der Waals surface area contributed by atoms with Crippen molar-refractivity contribution in [3.05, 3.63) is 29.3 Å². The van der Waals surface area contributed by atoms with E-state index in [0.717, 1.165) is 12.0 Å². The average Bonchev–Trinajstić information content (AvgIpc) is 2.17. The maximum absolute atomic E-state index is 11.8. The molecule has 0 aromatic heterocycles. The Labute approximate surface area is 90.9 Å². The summed E-state index contributed by atoms with van der Waals surface area (Å²) in [4.78, 5) is 11.8.